The molecular weight excluding hydrogens is 585 g/mol. The Hall–Kier alpha value is -4.12. The number of amides is 2. The van der Waals surface area contributed by atoms with Crippen molar-refractivity contribution < 1.29 is 31.9 Å². The number of carbonyl (C=O) groups is 2. The number of hydrogen-bond donors (Lipinski definition) is 1. The smallest absolute Gasteiger partial charge is 0.410 e. The minimum absolute atomic E-state index is 0.0412. The van der Waals surface area contributed by atoms with Crippen molar-refractivity contribution >= 4 is 27.9 Å². The van der Waals surface area contributed by atoms with Crippen molar-refractivity contribution in [1.29, 1.82) is 0 Å². The Morgan fingerprint density at radius 2 is 1.75 bits per heavy atom. The van der Waals surface area contributed by atoms with Gasteiger partial charge in [-0.05, 0) is 59.9 Å². The first-order valence-electron chi connectivity index (χ1n) is 15.0. The number of carbonyl (C=O) groups excluding carboxylic acids is 2. The second-order valence-corrected chi connectivity index (χ2v) is 13.0. The minimum Gasteiger partial charge on any atom is -0.487 e. The molecule has 11 heteroatoms. The fourth-order valence-corrected chi connectivity index (χ4v) is 6.75. The number of anilines is 1. The molecule has 1 unspecified atom stereocenters. The quantitative estimate of drug-likeness (QED) is 0.302. The second kappa shape index (κ2) is 13.7. The van der Waals surface area contributed by atoms with Crippen molar-refractivity contribution in [2.75, 3.05) is 17.4 Å². The van der Waals surface area contributed by atoms with Crippen molar-refractivity contribution in [2.24, 2.45) is 5.92 Å². The summed E-state index contributed by atoms with van der Waals surface area (Å²) in [6, 6.07) is 20.0. The Bertz CT molecular complexity index is 1590. The van der Waals surface area contributed by atoms with Crippen molar-refractivity contribution in [2.45, 2.75) is 65.2 Å². The van der Waals surface area contributed by atoms with Gasteiger partial charge in [0.1, 0.15) is 31.2 Å². The first-order chi connectivity index (χ1) is 21.2. The largest absolute Gasteiger partial charge is 0.487 e. The van der Waals surface area contributed by atoms with Crippen LogP contribution in [0.3, 0.4) is 0 Å². The molecule has 3 aromatic rings. The molecular formula is C33H38FN3O6S. The Morgan fingerprint density at radius 3 is 2.36 bits per heavy atom. The number of rotatable bonds is 11. The summed E-state index contributed by atoms with van der Waals surface area (Å²) in [5.41, 5.74) is 2.37. The first kappa shape index (κ1) is 31.3. The Labute approximate surface area is 258 Å². The van der Waals surface area contributed by atoms with Crippen LogP contribution in [0, 0.1) is 11.7 Å². The number of aryl methyl sites for hydroxylation is 1. The van der Waals surface area contributed by atoms with E-state index in [2.05, 4.69) is 13.8 Å². The van der Waals surface area contributed by atoms with E-state index in [9.17, 15) is 18.0 Å². The highest BCUT2D eigenvalue weighted by Gasteiger charge is 2.40. The summed E-state index contributed by atoms with van der Waals surface area (Å²) in [6.45, 7) is 4.32. The molecule has 3 aromatic carbocycles. The van der Waals surface area contributed by atoms with Crippen LogP contribution in [0.2, 0.25) is 0 Å². The van der Waals surface area contributed by atoms with Crippen LogP contribution in [0.15, 0.2) is 66.7 Å². The summed E-state index contributed by atoms with van der Waals surface area (Å²) in [5.74, 6) is -1.10. The third-order valence-corrected chi connectivity index (χ3v) is 9.71. The monoisotopic (exact) mass is 623 g/mol. The molecule has 1 saturated heterocycles. The molecule has 234 valence electrons. The highest BCUT2D eigenvalue weighted by molar-refractivity contribution is 7.92. The third-order valence-electron chi connectivity index (χ3n) is 8.33. The molecule has 9 nitrogen and oxygen atoms in total. The van der Waals surface area contributed by atoms with Crippen LogP contribution >= 0.6 is 0 Å². The number of halogens is 1. The molecule has 0 bridgehead atoms. The maximum Gasteiger partial charge on any atom is 0.410 e. The number of nitrogens with zero attached hydrogens (tertiary/aromatic N) is 2. The van der Waals surface area contributed by atoms with E-state index in [4.69, 9.17) is 9.47 Å². The summed E-state index contributed by atoms with van der Waals surface area (Å²) in [6.07, 6.45) is 2.46. The van der Waals surface area contributed by atoms with Gasteiger partial charge in [0.25, 0.3) is 5.91 Å². The number of benzene rings is 3. The lowest BCUT2D eigenvalue weighted by Crippen LogP contribution is -2.45. The molecule has 1 N–H and O–H groups in total. The van der Waals surface area contributed by atoms with Gasteiger partial charge in [-0.15, -0.1) is 0 Å². The standard InChI is InChI=1S/C33H38FN3O6S/c1-3-23(2)16-17-36(33(39)43-22-25-12-8-5-9-13-25)27-15-14-26-18-29(42-21-24-10-6-4-7-11-24)32(31(34)28(26)19-27)37-20-30(38)35-44(37,40)41/h4-13,18,23,27H,3,14-17,19-22H2,1-2H3,(H,35,38)/t23?,27-/m1/s1. The van der Waals surface area contributed by atoms with E-state index in [-0.39, 0.29) is 37.1 Å². The van der Waals surface area contributed by atoms with Gasteiger partial charge in [0.2, 0.25) is 0 Å². The average Bonchev–Trinajstić information content (AvgIpc) is 3.30. The van der Waals surface area contributed by atoms with Gasteiger partial charge in [-0.1, -0.05) is 80.9 Å². The molecule has 0 radical (unpaired) electrons. The molecule has 44 heavy (non-hydrogen) atoms. The zero-order valence-electron chi connectivity index (χ0n) is 25.0. The van der Waals surface area contributed by atoms with E-state index in [0.29, 0.717) is 36.4 Å². The Morgan fingerprint density at radius 1 is 1.09 bits per heavy atom. The van der Waals surface area contributed by atoms with Gasteiger partial charge in [0.15, 0.2) is 5.82 Å². The number of hydrogen-bond acceptors (Lipinski definition) is 6. The van der Waals surface area contributed by atoms with Crippen LogP contribution in [-0.2, 0) is 45.8 Å². The zero-order chi connectivity index (χ0) is 31.3. The highest BCUT2D eigenvalue weighted by atomic mass is 32.2. The second-order valence-electron chi connectivity index (χ2n) is 11.4. The topological polar surface area (TPSA) is 105 Å². The molecule has 5 rings (SSSR count). The van der Waals surface area contributed by atoms with Gasteiger partial charge in [-0.2, -0.15) is 8.42 Å². The van der Waals surface area contributed by atoms with E-state index in [1.807, 2.05) is 65.4 Å². The number of fused-ring (bicyclic) bond motifs is 1. The molecule has 1 aliphatic heterocycles. The summed E-state index contributed by atoms with van der Waals surface area (Å²) in [7, 11) is -4.31. The minimum atomic E-state index is -4.31. The highest BCUT2D eigenvalue weighted by Crippen LogP contribution is 2.41. The summed E-state index contributed by atoms with van der Waals surface area (Å²) in [5, 5.41) is 0. The first-order valence-corrected chi connectivity index (χ1v) is 16.4. The van der Waals surface area contributed by atoms with Crippen LogP contribution in [0.4, 0.5) is 14.9 Å². The van der Waals surface area contributed by atoms with E-state index in [0.717, 1.165) is 28.3 Å². The lowest BCUT2D eigenvalue weighted by atomic mass is 9.86. The molecule has 1 heterocycles. The number of nitrogens with one attached hydrogen (secondary N) is 1. The Kier molecular flexibility index (Phi) is 9.73. The molecule has 1 aliphatic carbocycles. The van der Waals surface area contributed by atoms with E-state index in [1.165, 1.54) is 0 Å². The maximum absolute atomic E-state index is 16.6. The predicted octanol–water partition coefficient (Wildman–Crippen LogP) is 5.52. The van der Waals surface area contributed by atoms with Gasteiger partial charge in [-0.3, -0.25) is 4.79 Å². The van der Waals surface area contributed by atoms with Gasteiger partial charge in [-0.25, -0.2) is 18.2 Å². The van der Waals surface area contributed by atoms with Gasteiger partial charge in [0, 0.05) is 12.6 Å². The van der Waals surface area contributed by atoms with E-state index in [1.54, 1.807) is 11.0 Å². The Balaban J connectivity index is 1.45. The molecule has 2 aliphatic rings. The maximum atomic E-state index is 16.6. The van der Waals surface area contributed by atoms with Crippen LogP contribution in [0.1, 0.15) is 55.4 Å². The summed E-state index contributed by atoms with van der Waals surface area (Å²) in [4.78, 5) is 27.2. The molecule has 2 amide bonds. The van der Waals surface area contributed by atoms with Crippen molar-refractivity contribution in [3.8, 4) is 5.75 Å². The average molecular weight is 624 g/mol. The molecule has 0 saturated carbocycles. The van der Waals surface area contributed by atoms with Crippen molar-refractivity contribution in [3.05, 3.63) is 94.8 Å². The molecule has 0 aromatic heterocycles. The van der Waals surface area contributed by atoms with Crippen LogP contribution in [0.5, 0.6) is 5.75 Å². The van der Waals surface area contributed by atoms with E-state index >= 15 is 4.39 Å². The summed E-state index contributed by atoms with van der Waals surface area (Å²) < 4.78 is 56.6. The third kappa shape index (κ3) is 7.15. The molecule has 1 fully saturated rings. The van der Waals surface area contributed by atoms with Crippen LogP contribution < -0.4 is 13.8 Å². The lowest BCUT2D eigenvalue weighted by Gasteiger charge is -2.36. The summed E-state index contributed by atoms with van der Waals surface area (Å²) >= 11 is 0. The fraction of sp³-hybridized carbons (Fsp3) is 0.394. The SMILES string of the molecule is CCC(C)CCN(C(=O)OCc1ccccc1)[C@@H]1CCc2cc(OCc3ccccc3)c(N3CC(=O)NS3(=O)=O)c(F)c2C1. The normalized spacial score (nSPS) is 17.8. The zero-order valence-corrected chi connectivity index (χ0v) is 25.8. The van der Waals surface area contributed by atoms with Gasteiger partial charge >= 0.3 is 16.3 Å². The fourth-order valence-electron chi connectivity index (χ4n) is 5.59. The molecule has 2 atom stereocenters. The number of ether oxygens (including phenoxy) is 2. The van der Waals surface area contributed by atoms with Crippen LogP contribution in [0.25, 0.3) is 0 Å². The predicted molar refractivity (Wildman–Crippen MR) is 165 cm³/mol. The van der Waals surface area contributed by atoms with Gasteiger partial charge in [0.05, 0.1) is 0 Å². The van der Waals surface area contributed by atoms with Crippen LogP contribution in [-0.4, -0.2) is 44.4 Å². The van der Waals surface area contributed by atoms with Crippen molar-refractivity contribution in [1.82, 2.24) is 9.62 Å². The lowest BCUT2D eigenvalue weighted by molar-refractivity contribution is -0.117. The van der Waals surface area contributed by atoms with Crippen molar-refractivity contribution in [3.63, 3.8) is 0 Å². The van der Waals surface area contributed by atoms with E-state index < -0.39 is 34.6 Å². The van der Waals surface area contributed by atoms with Gasteiger partial charge < -0.3 is 14.4 Å². The molecule has 0 spiro atoms.